The van der Waals surface area contributed by atoms with Crippen LogP contribution in [0.4, 0.5) is 5.13 Å². The fraction of sp³-hybridized carbons (Fsp3) is 0.350. The summed E-state index contributed by atoms with van der Waals surface area (Å²) in [6.45, 7) is 4.79. The number of thiazole rings is 1. The summed E-state index contributed by atoms with van der Waals surface area (Å²) in [6.07, 6.45) is 5.92. The van der Waals surface area contributed by atoms with Gasteiger partial charge in [0.1, 0.15) is 0 Å². The zero-order valence-corrected chi connectivity index (χ0v) is 18.4. The second-order valence-electron chi connectivity index (χ2n) is 7.45. The Morgan fingerprint density at radius 1 is 1.27 bits per heavy atom. The van der Waals surface area contributed by atoms with Crippen molar-refractivity contribution >= 4 is 32.4 Å². The monoisotopic (exact) mass is 445 g/mol. The molecule has 10 heteroatoms. The zero-order chi connectivity index (χ0) is 21.3. The molecule has 0 bridgehead atoms. The Balaban J connectivity index is 1.42. The Labute approximate surface area is 179 Å². The fourth-order valence-electron chi connectivity index (χ4n) is 3.26. The molecule has 0 radical (unpaired) electrons. The van der Waals surface area contributed by atoms with Crippen molar-refractivity contribution < 1.29 is 13.2 Å². The average molecular weight is 446 g/mol. The summed E-state index contributed by atoms with van der Waals surface area (Å²) in [5.74, 6) is -0.234. The van der Waals surface area contributed by atoms with E-state index in [1.807, 2.05) is 22.9 Å². The van der Waals surface area contributed by atoms with E-state index in [9.17, 15) is 13.2 Å². The maximum absolute atomic E-state index is 12.6. The quantitative estimate of drug-likeness (QED) is 0.629. The number of aromatic nitrogens is 3. The number of imidazole rings is 1. The summed E-state index contributed by atoms with van der Waals surface area (Å²) in [7, 11) is -3.30. The molecule has 1 N–H and O–H groups in total. The molecule has 0 fully saturated rings. The van der Waals surface area contributed by atoms with Crippen molar-refractivity contribution in [2.45, 2.75) is 38.6 Å². The van der Waals surface area contributed by atoms with E-state index in [2.05, 4.69) is 15.3 Å². The number of carbonyl (C=O) groups is 1. The highest BCUT2D eigenvalue weighted by molar-refractivity contribution is 7.89. The largest absolute Gasteiger partial charge is 0.333 e. The summed E-state index contributed by atoms with van der Waals surface area (Å²) < 4.78 is 28.3. The molecule has 0 saturated heterocycles. The molecular formula is C20H23N5O3S2. The van der Waals surface area contributed by atoms with Crippen molar-refractivity contribution in [1.82, 2.24) is 18.8 Å². The lowest BCUT2D eigenvalue weighted by molar-refractivity contribution is 0.102. The number of hydrogen-bond donors (Lipinski definition) is 1. The van der Waals surface area contributed by atoms with E-state index in [-0.39, 0.29) is 5.91 Å². The molecule has 30 heavy (non-hydrogen) atoms. The normalized spacial score (nSPS) is 14.6. The third-order valence-corrected chi connectivity index (χ3v) is 8.23. The number of carbonyl (C=O) groups excluding carboxylic acids is 1. The van der Waals surface area contributed by atoms with Crippen molar-refractivity contribution in [2.24, 2.45) is 0 Å². The van der Waals surface area contributed by atoms with Crippen LogP contribution < -0.4 is 5.32 Å². The number of nitrogens with zero attached hydrogens (tertiary/aromatic N) is 4. The van der Waals surface area contributed by atoms with Crippen molar-refractivity contribution in [3.8, 4) is 0 Å². The van der Waals surface area contributed by atoms with Gasteiger partial charge in [0.05, 0.1) is 17.3 Å². The van der Waals surface area contributed by atoms with Gasteiger partial charge in [-0.3, -0.25) is 10.1 Å². The Kier molecular flexibility index (Phi) is 5.72. The summed E-state index contributed by atoms with van der Waals surface area (Å²) >= 11 is 1.34. The predicted octanol–water partition coefficient (Wildman–Crippen LogP) is 2.74. The number of hydrogen-bond acceptors (Lipinski definition) is 6. The standard InChI is InChI=1S/C20H23N5O3S2/c1-14(2)30(27,28)25-9-7-17-18(12-25)29-20(22-17)23-19(26)16-5-3-15(4-6-16)11-24-10-8-21-13-24/h3-6,8,10,13-14H,7,9,11-12H2,1-2H3,(H,22,23,26). The van der Waals surface area contributed by atoms with Crippen LogP contribution in [0.2, 0.25) is 0 Å². The van der Waals surface area contributed by atoms with Crippen LogP contribution in [0.3, 0.4) is 0 Å². The number of nitrogens with one attached hydrogen (secondary N) is 1. The van der Waals surface area contributed by atoms with Crippen LogP contribution in [-0.2, 0) is 29.5 Å². The van der Waals surface area contributed by atoms with Crippen LogP contribution in [0, 0.1) is 0 Å². The van der Waals surface area contributed by atoms with Crippen molar-refractivity contribution in [1.29, 1.82) is 0 Å². The number of anilines is 1. The van der Waals surface area contributed by atoms with Gasteiger partial charge < -0.3 is 4.57 Å². The van der Waals surface area contributed by atoms with E-state index in [0.717, 1.165) is 16.1 Å². The molecule has 3 aromatic rings. The van der Waals surface area contributed by atoms with E-state index in [1.165, 1.54) is 15.6 Å². The van der Waals surface area contributed by atoms with Gasteiger partial charge in [0.15, 0.2) is 5.13 Å². The molecule has 158 valence electrons. The highest BCUT2D eigenvalue weighted by Crippen LogP contribution is 2.30. The fourth-order valence-corrected chi connectivity index (χ4v) is 5.61. The minimum absolute atomic E-state index is 0.234. The third-order valence-electron chi connectivity index (χ3n) is 5.01. The topological polar surface area (TPSA) is 97.2 Å². The number of benzene rings is 1. The molecule has 3 heterocycles. The van der Waals surface area contributed by atoms with Gasteiger partial charge in [-0.15, -0.1) is 11.3 Å². The molecule has 1 amide bonds. The van der Waals surface area contributed by atoms with E-state index < -0.39 is 15.3 Å². The second-order valence-corrected chi connectivity index (χ2v) is 11.0. The van der Waals surface area contributed by atoms with Crippen LogP contribution in [0.25, 0.3) is 0 Å². The van der Waals surface area contributed by atoms with E-state index >= 15 is 0 Å². The second kappa shape index (κ2) is 8.29. The van der Waals surface area contributed by atoms with Gasteiger partial charge >= 0.3 is 0 Å². The average Bonchev–Trinajstić information content (AvgIpc) is 3.36. The summed E-state index contributed by atoms with van der Waals surface area (Å²) in [5.41, 5.74) is 2.48. The number of fused-ring (bicyclic) bond motifs is 1. The predicted molar refractivity (Wildman–Crippen MR) is 116 cm³/mol. The smallest absolute Gasteiger partial charge is 0.257 e. The highest BCUT2D eigenvalue weighted by atomic mass is 32.2. The minimum atomic E-state index is -3.30. The van der Waals surface area contributed by atoms with E-state index in [4.69, 9.17) is 0 Å². The van der Waals surface area contributed by atoms with Gasteiger partial charge in [0, 0.05) is 48.9 Å². The van der Waals surface area contributed by atoms with Crippen LogP contribution in [0.15, 0.2) is 43.0 Å². The Hall–Kier alpha value is -2.56. The van der Waals surface area contributed by atoms with Crippen molar-refractivity contribution in [3.05, 3.63) is 64.7 Å². The Bertz CT molecular complexity index is 1140. The van der Waals surface area contributed by atoms with Crippen LogP contribution in [-0.4, -0.2) is 45.0 Å². The molecule has 0 saturated carbocycles. The lowest BCUT2D eigenvalue weighted by Crippen LogP contribution is -2.39. The molecule has 0 unspecified atom stereocenters. The molecule has 0 atom stereocenters. The van der Waals surface area contributed by atoms with Crippen LogP contribution in [0.5, 0.6) is 0 Å². The lowest BCUT2D eigenvalue weighted by Gasteiger charge is -2.26. The maximum Gasteiger partial charge on any atom is 0.257 e. The maximum atomic E-state index is 12.6. The molecular weight excluding hydrogens is 422 g/mol. The lowest BCUT2D eigenvalue weighted by atomic mass is 10.1. The number of rotatable bonds is 6. The summed E-state index contributed by atoms with van der Waals surface area (Å²) in [4.78, 5) is 22.0. The van der Waals surface area contributed by atoms with Crippen molar-refractivity contribution in [3.63, 3.8) is 0 Å². The number of sulfonamides is 1. The van der Waals surface area contributed by atoms with Gasteiger partial charge in [-0.25, -0.2) is 18.4 Å². The summed E-state index contributed by atoms with van der Waals surface area (Å²) in [5, 5.41) is 2.88. The molecule has 0 aliphatic carbocycles. The first kappa shape index (κ1) is 20.7. The minimum Gasteiger partial charge on any atom is -0.333 e. The van der Waals surface area contributed by atoms with Gasteiger partial charge in [-0.1, -0.05) is 12.1 Å². The molecule has 1 aromatic carbocycles. The van der Waals surface area contributed by atoms with Gasteiger partial charge in [0.25, 0.3) is 5.91 Å². The molecule has 0 spiro atoms. The first-order valence-electron chi connectivity index (χ1n) is 9.66. The van der Waals surface area contributed by atoms with E-state index in [0.29, 0.717) is 36.8 Å². The molecule has 4 rings (SSSR count). The first-order valence-corrected chi connectivity index (χ1v) is 12.0. The molecule has 1 aliphatic heterocycles. The van der Waals surface area contributed by atoms with Gasteiger partial charge in [-0.2, -0.15) is 4.31 Å². The summed E-state index contributed by atoms with van der Waals surface area (Å²) in [6, 6.07) is 7.39. The van der Waals surface area contributed by atoms with Crippen molar-refractivity contribution in [2.75, 3.05) is 11.9 Å². The highest BCUT2D eigenvalue weighted by Gasteiger charge is 2.31. The molecule has 2 aromatic heterocycles. The molecule has 8 nitrogen and oxygen atoms in total. The van der Waals surface area contributed by atoms with Gasteiger partial charge in [0.2, 0.25) is 10.0 Å². The number of amides is 1. The SMILES string of the molecule is CC(C)S(=O)(=O)N1CCc2nc(NC(=O)c3ccc(Cn4ccnc4)cc3)sc2C1. The Morgan fingerprint density at radius 3 is 2.70 bits per heavy atom. The first-order chi connectivity index (χ1) is 14.3. The van der Waals surface area contributed by atoms with E-state index in [1.54, 1.807) is 38.5 Å². The zero-order valence-electron chi connectivity index (χ0n) is 16.8. The third kappa shape index (κ3) is 4.30. The van der Waals surface area contributed by atoms with Gasteiger partial charge in [-0.05, 0) is 31.5 Å². The Morgan fingerprint density at radius 2 is 2.03 bits per heavy atom. The van der Waals surface area contributed by atoms with Crippen LogP contribution in [0.1, 0.15) is 40.3 Å². The molecule has 1 aliphatic rings. The van der Waals surface area contributed by atoms with Crippen LogP contribution >= 0.6 is 11.3 Å².